The van der Waals surface area contributed by atoms with Crippen molar-refractivity contribution < 1.29 is 19.1 Å². The molecule has 6 rings (SSSR count). The molecule has 2 heterocycles. The van der Waals surface area contributed by atoms with E-state index in [1.165, 1.54) is 9.80 Å². The predicted molar refractivity (Wildman–Crippen MR) is 170 cm³/mol. The fourth-order valence-electron chi connectivity index (χ4n) is 6.14. The molecule has 0 unspecified atom stereocenters. The number of nitrogens with zero attached hydrogens (tertiary/aromatic N) is 4. The number of amides is 3. The van der Waals surface area contributed by atoms with Crippen molar-refractivity contribution >= 4 is 45.0 Å². The highest BCUT2D eigenvalue weighted by Crippen LogP contribution is 2.45. The molecule has 2 saturated carbocycles. The van der Waals surface area contributed by atoms with E-state index in [1.54, 1.807) is 24.5 Å². The van der Waals surface area contributed by atoms with E-state index >= 15 is 0 Å². The van der Waals surface area contributed by atoms with E-state index in [0.717, 1.165) is 52.2 Å². The summed E-state index contributed by atoms with van der Waals surface area (Å²) in [5, 5.41) is 13.8. The van der Waals surface area contributed by atoms with Crippen molar-refractivity contribution in [1.82, 2.24) is 14.8 Å². The van der Waals surface area contributed by atoms with Crippen molar-refractivity contribution in [3.63, 3.8) is 0 Å². The van der Waals surface area contributed by atoms with Gasteiger partial charge in [-0.05, 0) is 68.2 Å². The van der Waals surface area contributed by atoms with Gasteiger partial charge in [0.05, 0.1) is 27.3 Å². The third-order valence-electron chi connectivity index (χ3n) is 9.00. The maximum absolute atomic E-state index is 14.3. The van der Waals surface area contributed by atoms with Crippen molar-refractivity contribution in [3.05, 3.63) is 52.5 Å². The maximum atomic E-state index is 14.3. The number of para-hydroxylation sites is 1. The van der Waals surface area contributed by atoms with Gasteiger partial charge in [0, 0.05) is 30.8 Å². The van der Waals surface area contributed by atoms with Crippen LogP contribution in [-0.2, 0) is 15.0 Å². The number of fused-ring (bicyclic) bond motifs is 2. The summed E-state index contributed by atoms with van der Waals surface area (Å²) in [4.78, 5) is 49.7. The average Bonchev–Trinajstić information content (AvgIpc) is 3.95. The smallest absolute Gasteiger partial charge is 0.254 e. The van der Waals surface area contributed by atoms with Crippen LogP contribution in [0.4, 0.5) is 5.69 Å². The van der Waals surface area contributed by atoms with Gasteiger partial charge in [-0.15, -0.1) is 11.3 Å². The zero-order valence-electron chi connectivity index (χ0n) is 25.8. The Labute approximate surface area is 262 Å². The minimum absolute atomic E-state index is 0.0471. The molecule has 3 amide bonds. The Morgan fingerprint density at radius 3 is 2.61 bits per heavy atom. The van der Waals surface area contributed by atoms with Gasteiger partial charge in [0.2, 0.25) is 11.8 Å². The summed E-state index contributed by atoms with van der Waals surface area (Å²) in [5.41, 5.74) is 1.81. The van der Waals surface area contributed by atoms with E-state index in [2.05, 4.69) is 11.4 Å². The number of rotatable bonds is 12. The molecule has 2 fully saturated rings. The fourth-order valence-corrected chi connectivity index (χ4v) is 7.34. The number of anilines is 1. The van der Waals surface area contributed by atoms with Gasteiger partial charge in [-0.1, -0.05) is 39.0 Å². The number of ether oxygens (including phenoxy) is 1. The molecule has 0 radical (unpaired) electrons. The molecule has 9 nitrogen and oxygen atoms in total. The number of nitriles is 1. The standard InChI is InChI=1S/C34H39N5O4S/c1-5-34(24-8-6-7-9-25(24)36-33(34)42)19-39(15-14-35)32(41)26(16-20(2)3)38(4)31(40)22-17-27(43-23-12-13-23)29-28(18-22)44-30(37-29)21-10-11-21/h6-9,17-18,20-21,23,26H,5,10-13,15-16,19H2,1-4H3,(H,36,42)/t26-,34-/m0/s1. The van der Waals surface area contributed by atoms with Crippen molar-refractivity contribution in [2.45, 2.75) is 82.8 Å². The second-order valence-electron chi connectivity index (χ2n) is 12.8. The lowest BCUT2D eigenvalue weighted by Crippen LogP contribution is -2.54. The highest BCUT2D eigenvalue weighted by Gasteiger charge is 2.48. The SMILES string of the molecule is CC[C@@]1(CN(CC#N)C(=O)[C@H](CC(C)C)N(C)C(=O)c2cc(OC3CC3)c3nc(C4CC4)sc3c2)C(=O)Nc2ccccc21. The number of benzene rings is 2. The molecule has 1 N–H and O–H groups in total. The van der Waals surface area contributed by atoms with Crippen LogP contribution in [0.2, 0.25) is 0 Å². The zero-order chi connectivity index (χ0) is 31.2. The van der Waals surface area contributed by atoms with Crippen LogP contribution in [-0.4, -0.2) is 64.8 Å². The Hall–Kier alpha value is -3.97. The number of carbonyl (C=O) groups excluding carboxylic acids is 3. The summed E-state index contributed by atoms with van der Waals surface area (Å²) in [6.45, 7) is 5.79. The Morgan fingerprint density at radius 2 is 1.95 bits per heavy atom. The third kappa shape index (κ3) is 5.65. The lowest BCUT2D eigenvalue weighted by atomic mass is 9.78. The minimum atomic E-state index is -0.987. The first-order chi connectivity index (χ1) is 21.1. The van der Waals surface area contributed by atoms with Gasteiger partial charge >= 0.3 is 0 Å². The van der Waals surface area contributed by atoms with Crippen LogP contribution in [0, 0.1) is 17.2 Å². The molecule has 1 aromatic heterocycles. The van der Waals surface area contributed by atoms with Crippen LogP contribution in [0.15, 0.2) is 36.4 Å². The van der Waals surface area contributed by atoms with Gasteiger partial charge in [0.15, 0.2) is 0 Å². The highest BCUT2D eigenvalue weighted by molar-refractivity contribution is 7.18. The van der Waals surface area contributed by atoms with Gasteiger partial charge in [-0.3, -0.25) is 14.4 Å². The number of thiazole rings is 1. The molecule has 0 bridgehead atoms. The molecule has 3 aliphatic rings. The van der Waals surface area contributed by atoms with Gasteiger partial charge in [0.1, 0.15) is 23.9 Å². The summed E-state index contributed by atoms with van der Waals surface area (Å²) in [7, 11) is 1.65. The number of carbonyl (C=O) groups is 3. The molecule has 230 valence electrons. The number of nitrogens with one attached hydrogen (secondary N) is 1. The third-order valence-corrected chi connectivity index (χ3v) is 10.2. The molecule has 0 saturated heterocycles. The van der Waals surface area contributed by atoms with Gasteiger partial charge in [0.25, 0.3) is 5.91 Å². The molecule has 2 aliphatic carbocycles. The molecule has 10 heteroatoms. The van der Waals surface area contributed by atoms with Crippen LogP contribution in [0.25, 0.3) is 10.2 Å². The summed E-state index contributed by atoms with van der Waals surface area (Å²) in [6.07, 6.45) is 5.25. The Bertz CT molecular complexity index is 1650. The Kier molecular flexibility index (Phi) is 8.10. The van der Waals surface area contributed by atoms with Crippen molar-refractivity contribution in [2.24, 2.45) is 5.92 Å². The first-order valence-electron chi connectivity index (χ1n) is 15.6. The molecule has 3 aromatic rings. The Balaban J connectivity index is 1.31. The quantitative estimate of drug-likeness (QED) is 0.256. The summed E-state index contributed by atoms with van der Waals surface area (Å²) in [6, 6.07) is 12.4. The molecular formula is C34H39N5O4S. The molecular weight excluding hydrogens is 574 g/mol. The van der Waals surface area contributed by atoms with Gasteiger partial charge in [-0.2, -0.15) is 5.26 Å². The Morgan fingerprint density at radius 1 is 1.20 bits per heavy atom. The van der Waals surface area contributed by atoms with E-state index < -0.39 is 11.5 Å². The molecule has 1 aliphatic heterocycles. The van der Waals surface area contributed by atoms with Crippen LogP contribution in [0.5, 0.6) is 5.75 Å². The normalized spacial score (nSPS) is 19.8. The minimum Gasteiger partial charge on any atom is -0.488 e. The molecule has 44 heavy (non-hydrogen) atoms. The second kappa shape index (κ2) is 11.8. The number of aromatic nitrogens is 1. The van der Waals surface area contributed by atoms with Crippen LogP contribution in [0.3, 0.4) is 0 Å². The van der Waals surface area contributed by atoms with Crippen LogP contribution >= 0.6 is 11.3 Å². The monoisotopic (exact) mass is 613 g/mol. The number of likely N-dealkylation sites (N-methyl/N-ethyl adjacent to an activating group) is 1. The van der Waals surface area contributed by atoms with Crippen LogP contribution < -0.4 is 10.1 Å². The van der Waals surface area contributed by atoms with Crippen molar-refractivity contribution in [2.75, 3.05) is 25.5 Å². The lowest BCUT2D eigenvalue weighted by Gasteiger charge is -2.37. The predicted octanol–water partition coefficient (Wildman–Crippen LogP) is 5.85. The topological polar surface area (TPSA) is 116 Å². The second-order valence-corrected chi connectivity index (χ2v) is 13.9. The number of hydrogen-bond acceptors (Lipinski definition) is 7. The molecule has 0 spiro atoms. The van der Waals surface area contributed by atoms with Crippen molar-refractivity contribution in [1.29, 1.82) is 5.26 Å². The van der Waals surface area contributed by atoms with E-state index in [-0.39, 0.29) is 42.8 Å². The highest BCUT2D eigenvalue weighted by atomic mass is 32.1. The van der Waals surface area contributed by atoms with Gasteiger partial charge in [-0.25, -0.2) is 4.98 Å². The number of hydrogen-bond donors (Lipinski definition) is 1. The summed E-state index contributed by atoms with van der Waals surface area (Å²) >= 11 is 1.61. The fraction of sp³-hybridized carbons (Fsp3) is 0.500. The average molecular weight is 614 g/mol. The van der Waals surface area contributed by atoms with Gasteiger partial charge < -0.3 is 19.9 Å². The maximum Gasteiger partial charge on any atom is 0.254 e. The largest absolute Gasteiger partial charge is 0.488 e. The van der Waals surface area contributed by atoms with E-state index in [1.807, 2.05) is 51.1 Å². The first-order valence-corrected chi connectivity index (χ1v) is 16.4. The van der Waals surface area contributed by atoms with Crippen molar-refractivity contribution in [3.8, 4) is 11.8 Å². The van der Waals surface area contributed by atoms with E-state index in [9.17, 15) is 19.6 Å². The zero-order valence-corrected chi connectivity index (χ0v) is 26.6. The first kappa shape index (κ1) is 30.1. The van der Waals surface area contributed by atoms with Crippen LogP contribution in [0.1, 0.15) is 86.1 Å². The van der Waals surface area contributed by atoms with E-state index in [0.29, 0.717) is 30.1 Å². The molecule has 2 atom stereocenters. The molecule has 2 aromatic carbocycles. The summed E-state index contributed by atoms with van der Waals surface area (Å²) < 4.78 is 7.14. The van der Waals surface area contributed by atoms with E-state index in [4.69, 9.17) is 9.72 Å². The summed E-state index contributed by atoms with van der Waals surface area (Å²) in [5.74, 6) is 0.386. The lowest BCUT2D eigenvalue weighted by molar-refractivity contribution is -0.137.